The van der Waals surface area contributed by atoms with Crippen LogP contribution in [0.4, 0.5) is 5.82 Å². The van der Waals surface area contributed by atoms with Gasteiger partial charge >= 0.3 is 0 Å². The zero-order valence-electron chi connectivity index (χ0n) is 9.20. The van der Waals surface area contributed by atoms with Gasteiger partial charge in [0.1, 0.15) is 0 Å². The van der Waals surface area contributed by atoms with Crippen LogP contribution >= 0.6 is 0 Å². The van der Waals surface area contributed by atoms with Gasteiger partial charge in [-0.2, -0.15) is 8.42 Å². The van der Waals surface area contributed by atoms with E-state index in [-0.39, 0.29) is 23.9 Å². The van der Waals surface area contributed by atoms with Crippen LogP contribution in [0.15, 0.2) is 9.78 Å². The van der Waals surface area contributed by atoms with Gasteiger partial charge in [-0.15, -0.1) is 0 Å². The van der Waals surface area contributed by atoms with Crippen LogP contribution in [0, 0.1) is 0 Å². The lowest BCUT2D eigenvalue weighted by molar-refractivity contribution is 0.304. The molecule has 18 heavy (non-hydrogen) atoms. The van der Waals surface area contributed by atoms with E-state index in [0.717, 1.165) is 0 Å². The summed E-state index contributed by atoms with van der Waals surface area (Å²) in [4.78, 5) is 0. The summed E-state index contributed by atoms with van der Waals surface area (Å²) in [6.07, 6.45) is 0.443. The number of nitrogens with one attached hydrogen (secondary N) is 2. The second-order valence-corrected chi connectivity index (χ2v) is 4.55. The minimum atomic E-state index is -3.68. The summed E-state index contributed by atoms with van der Waals surface area (Å²) < 4.78 is 27.6. The van der Waals surface area contributed by atoms with Crippen molar-refractivity contribution in [2.45, 2.75) is 6.42 Å². The lowest BCUT2D eigenvalue weighted by atomic mass is 10.3. The quantitative estimate of drug-likeness (QED) is 0.122. The normalized spacial score (nSPS) is 12.6. The third-order valence-electron chi connectivity index (χ3n) is 1.79. The van der Waals surface area contributed by atoms with Crippen molar-refractivity contribution in [2.24, 2.45) is 16.0 Å². The van der Waals surface area contributed by atoms with Crippen LogP contribution in [0.5, 0.6) is 0 Å². The summed E-state index contributed by atoms with van der Waals surface area (Å²) in [5.74, 6) is -0.0534. The molecule has 0 spiro atoms. The molecule has 0 amide bonds. The fraction of sp³-hybridized carbons (Fsp3) is 0.500. The molecule has 0 atom stereocenters. The minimum absolute atomic E-state index is 0.0666. The Morgan fingerprint density at radius 1 is 1.44 bits per heavy atom. The Hall–Kier alpha value is -1.92. The molecule has 0 bridgehead atoms. The summed E-state index contributed by atoms with van der Waals surface area (Å²) in [5.41, 5.74) is 5.38. The maximum absolute atomic E-state index is 10.6. The van der Waals surface area contributed by atoms with E-state index in [0.29, 0.717) is 13.0 Å². The number of rotatable bonds is 7. The maximum atomic E-state index is 10.6. The first-order valence-corrected chi connectivity index (χ1v) is 6.30. The Kier molecular flexibility index (Phi) is 4.82. The molecule has 1 heterocycles. The van der Waals surface area contributed by atoms with Crippen molar-refractivity contribution in [3.8, 4) is 0 Å². The second kappa shape index (κ2) is 6.13. The van der Waals surface area contributed by atoms with Gasteiger partial charge < -0.3 is 16.3 Å². The molecule has 0 aliphatic rings. The molecule has 7 N–H and O–H groups in total. The van der Waals surface area contributed by atoms with E-state index in [4.69, 9.17) is 16.1 Å². The molecular weight excluding hydrogens is 266 g/mol. The highest BCUT2D eigenvalue weighted by atomic mass is 32.2. The highest BCUT2D eigenvalue weighted by Crippen LogP contribution is 2.08. The largest absolute Gasteiger partial charge is 0.409 e. The zero-order valence-corrected chi connectivity index (χ0v) is 10.0. The van der Waals surface area contributed by atoms with Crippen molar-refractivity contribution in [3.63, 3.8) is 0 Å². The topological polar surface area (TPSA) is 182 Å². The Morgan fingerprint density at radius 3 is 2.78 bits per heavy atom. The fourth-order valence-electron chi connectivity index (χ4n) is 1.03. The number of aromatic nitrogens is 2. The number of nitrogens with zero attached hydrogens (tertiary/aromatic N) is 3. The van der Waals surface area contributed by atoms with E-state index >= 15 is 0 Å². The van der Waals surface area contributed by atoms with Crippen LogP contribution in [0.2, 0.25) is 0 Å². The number of anilines is 1. The van der Waals surface area contributed by atoms with Crippen LogP contribution in [0.1, 0.15) is 12.1 Å². The predicted octanol–water partition coefficient (Wildman–Crippen LogP) is -2.24. The molecule has 0 saturated heterocycles. The predicted molar refractivity (Wildman–Crippen MR) is 61.0 cm³/mol. The summed E-state index contributed by atoms with van der Waals surface area (Å²) in [6.45, 7) is 0.526. The van der Waals surface area contributed by atoms with Crippen LogP contribution in [0.3, 0.4) is 0 Å². The van der Waals surface area contributed by atoms with Gasteiger partial charge in [-0.25, -0.2) is 14.5 Å². The van der Waals surface area contributed by atoms with E-state index < -0.39 is 10.2 Å². The van der Waals surface area contributed by atoms with Gasteiger partial charge in [0.2, 0.25) is 5.82 Å². The van der Waals surface area contributed by atoms with Crippen molar-refractivity contribution in [1.82, 2.24) is 15.0 Å². The molecule has 0 aliphatic heterocycles. The minimum Gasteiger partial charge on any atom is -0.409 e. The molecule has 0 unspecified atom stereocenters. The first kappa shape index (κ1) is 14.1. The summed E-state index contributed by atoms with van der Waals surface area (Å²) in [6, 6.07) is 0. The smallest absolute Gasteiger partial charge is 0.274 e. The monoisotopic (exact) mass is 279 g/mol. The summed E-state index contributed by atoms with van der Waals surface area (Å²) in [5, 5.41) is 25.7. The Morgan fingerprint density at radius 2 is 2.17 bits per heavy atom. The van der Waals surface area contributed by atoms with E-state index in [9.17, 15) is 8.42 Å². The molecule has 1 aromatic heterocycles. The van der Waals surface area contributed by atoms with E-state index in [1.807, 2.05) is 0 Å². The van der Waals surface area contributed by atoms with Gasteiger partial charge in [0.05, 0.1) is 0 Å². The summed E-state index contributed by atoms with van der Waals surface area (Å²) in [7, 11) is -3.68. The summed E-state index contributed by atoms with van der Waals surface area (Å²) >= 11 is 0. The van der Waals surface area contributed by atoms with Crippen LogP contribution in [-0.4, -0.2) is 42.9 Å². The number of nitrogens with two attached hydrogens (primary N) is 2. The number of hydrogen-bond acceptors (Lipinski definition) is 8. The molecule has 102 valence electrons. The van der Waals surface area contributed by atoms with Gasteiger partial charge in [0, 0.05) is 13.1 Å². The molecule has 0 aromatic carbocycles. The molecule has 0 aliphatic carbocycles. The Labute approximate surface area is 102 Å². The molecule has 12 heteroatoms. The van der Waals surface area contributed by atoms with Gasteiger partial charge in [-0.1, -0.05) is 5.16 Å². The molecule has 1 aromatic rings. The SMILES string of the molecule is N/C(=N\O)c1nonc1NCCCNS(N)(=O)=O. The Bertz CT molecular complexity index is 510. The molecule has 0 saturated carbocycles. The number of hydrogen-bond donors (Lipinski definition) is 5. The Balaban J connectivity index is 2.39. The molecule has 0 radical (unpaired) electrons. The van der Waals surface area contributed by atoms with Crippen molar-refractivity contribution >= 4 is 21.9 Å². The van der Waals surface area contributed by atoms with Crippen molar-refractivity contribution in [2.75, 3.05) is 18.4 Å². The molecule has 1 rings (SSSR count). The third-order valence-corrected chi connectivity index (χ3v) is 2.39. The van der Waals surface area contributed by atoms with Crippen molar-refractivity contribution < 1.29 is 18.3 Å². The lowest BCUT2D eigenvalue weighted by Crippen LogP contribution is -2.32. The van der Waals surface area contributed by atoms with Gasteiger partial charge in [0.15, 0.2) is 11.5 Å². The van der Waals surface area contributed by atoms with Crippen LogP contribution in [-0.2, 0) is 10.2 Å². The average Bonchev–Trinajstić information content (AvgIpc) is 2.74. The molecule has 11 nitrogen and oxygen atoms in total. The first-order chi connectivity index (χ1) is 8.44. The molecular formula is C6H13N7O4S. The zero-order chi connectivity index (χ0) is 13.6. The number of oxime groups is 1. The van der Waals surface area contributed by atoms with Crippen LogP contribution in [0.25, 0.3) is 0 Å². The highest BCUT2D eigenvalue weighted by Gasteiger charge is 2.13. The second-order valence-electron chi connectivity index (χ2n) is 3.17. The van der Waals surface area contributed by atoms with E-state index in [1.54, 1.807) is 0 Å². The third kappa shape index (κ3) is 4.52. The van der Waals surface area contributed by atoms with Gasteiger partial charge in [-0.3, -0.25) is 0 Å². The van der Waals surface area contributed by atoms with Crippen molar-refractivity contribution in [1.29, 1.82) is 0 Å². The fourth-order valence-corrected chi connectivity index (χ4v) is 1.46. The average molecular weight is 279 g/mol. The van der Waals surface area contributed by atoms with Gasteiger partial charge in [0.25, 0.3) is 10.2 Å². The first-order valence-electron chi connectivity index (χ1n) is 4.75. The number of amidine groups is 1. The van der Waals surface area contributed by atoms with Gasteiger partial charge in [-0.05, 0) is 16.7 Å². The van der Waals surface area contributed by atoms with E-state index in [2.05, 4.69) is 30.1 Å². The van der Waals surface area contributed by atoms with Crippen molar-refractivity contribution in [3.05, 3.63) is 5.69 Å². The molecule has 0 fully saturated rings. The maximum Gasteiger partial charge on any atom is 0.274 e. The lowest BCUT2D eigenvalue weighted by Gasteiger charge is -2.03. The van der Waals surface area contributed by atoms with Crippen LogP contribution < -0.4 is 20.9 Å². The standard InChI is InChI=1S/C6H13N7O4S/c7-5(11-14)4-6(13-17-12-4)9-2-1-3-10-18(8,15)16/h10,14H,1-3H2,(H2,7,11)(H,9,13)(H2,8,15,16). The highest BCUT2D eigenvalue weighted by molar-refractivity contribution is 7.87. The van der Waals surface area contributed by atoms with E-state index in [1.165, 1.54) is 0 Å².